The third-order valence-corrected chi connectivity index (χ3v) is 2.69. The molecule has 1 N–H and O–H groups in total. The quantitative estimate of drug-likeness (QED) is 0.860. The molecular formula is C13H18FN5. The molecule has 0 radical (unpaired) electrons. The average molecular weight is 263 g/mol. The fourth-order valence-corrected chi connectivity index (χ4v) is 1.71. The van der Waals surface area contributed by atoms with E-state index < -0.39 is 0 Å². The van der Waals surface area contributed by atoms with Crippen LogP contribution in [0.1, 0.15) is 25.2 Å². The molecule has 0 saturated carbocycles. The summed E-state index contributed by atoms with van der Waals surface area (Å²) >= 11 is 0. The van der Waals surface area contributed by atoms with Crippen molar-refractivity contribution in [3.05, 3.63) is 41.5 Å². The fraction of sp³-hybridized carbons (Fsp3) is 0.462. The molecule has 5 nitrogen and oxygen atoms in total. The number of hydrogen-bond acceptors (Lipinski definition) is 4. The minimum Gasteiger partial charge on any atom is -0.310 e. The molecule has 2 rings (SSSR count). The number of benzene rings is 1. The molecule has 0 aliphatic heterocycles. The van der Waals surface area contributed by atoms with E-state index in [1.165, 1.54) is 12.1 Å². The van der Waals surface area contributed by atoms with Gasteiger partial charge >= 0.3 is 0 Å². The van der Waals surface area contributed by atoms with Crippen LogP contribution in [0.15, 0.2) is 24.3 Å². The van der Waals surface area contributed by atoms with Crippen LogP contribution in [-0.4, -0.2) is 26.8 Å². The number of halogens is 1. The van der Waals surface area contributed by atoms with E-state index in [9.17, 15) is 4.39 Å². The topological polar surface area (TPSA) is 55.6 Å². The van der Waals surface area contributed by atoms with Crippen LogP contribution < -0.4 is 5.32 Å². The normalized spacial score (nSPS) is 11.2. The lowest BCUT2D eigenvalue weighted by molar-refractivity contribution is 0.523. The molecule has 19 heavy (non-hydrogen) atoms. The van der Waals surface area contributed by atoms with Gasteiger partial charge in [0.1, 0.15) is 5.82 Å². The van der Waals surface area contributed by atoms with Gasteiger partial charge in [-0.1, -0.05) is 26.0 Å². The summed E-state index contributed by atoms with van der Waals surface area (Å²) in [6.07, 6.45) is 0. The maximum absolute atomic E-state index is 12.8. The lowest BCUT2D eigenvalue weighted by atomic mass is 10.2. The van der Waals surface area contributed by atoms with Gasteiger partial charge in [-0.2, -0.15) is 0 Å². The average Bonchev–Trinajstić information content (AvgIpc) is 2.79. The summed E-state index contributed by atoms with van der Waals surface area (Å²) in [5.74, 6) is 1.13. The molecule has 6 heteroatoms. The summed E-state index contributed by atoms with van der Waals surface area (Å²) in [5.41, 5.74) is 0.971. The zero-order chi connectivity index (χ0) is 13.7. The summed E-state index contributed by atoms with van der Waals surface area (Å²) in [6, 6.07) is 6.36. The summed E-state index contributed by atoms with van der Waals surface area (Å²) in [6.45, 7) is 6.39. The Morgan fingerprint density at radius 2 is 2.00 bits per heavy atom. The molecule has 0 unspecified atom stereocenters. The second-order valence-corrected chi connectivity index (χ2v) is 4.90. The van der Waals surface area contributed by atoms with E-state index in [1.54, 1.807) is 16.8 Å². The van der Waals surface area contributed by atoms with E-state index in [4.69, 9.17) is 0 Å². The Morgan fingerprint density at radius 3 is 2.68 bits per heavy atom. The van der Waals surface area contributed by atoms with Crippen molar-refractivity contribution in [2.45, 2.75) is 26.9 Å². The molecule has 0 aliphatic rings. The van der Waals surface area contributed by atoms with Crippen molar-refractivity contribution in [3.63, 3.8) is 0 Å². The van der Waals surface area contributed by atoms with Gasteiger partial charge in [-0.25, -0.2) is 9.07 Å². The standard InChI is InChI=1S/C13H18FN5/c1-10(2)7-15-8-13-16-17-18-19(13)9-11-3-5-12(14)6-4-11/h3-6,10,15H,7-9H2,1-2H3. The molecule has 0 saturated heterocycles. The first-order valence-electron chi connectivity index (χ1n) is 6.35. The number of tetrazole rings is 1. The third-order valence-electron chi connectivity index (χ3n) is 2.69. The van der Waals surface area contributed by atoms with E-state index in [2.05, 4.69) is 34.7 Å². The van der Waals surface area contributed by atoms with Gasteiger partial charge in [0, 0.05) is 0 Å². The van der Waals surface area contributed by atoms with Gasteiger partial charge in [0.05, 0.1) is 13.1 Å². The Balaban J connectivity index is 1.97. The molecule has 0 bridgehead atoms. The van der Waals surface area contributed by atoms with E-state index in [0.29, 0.717) is 19.0 Å². The third kappa shape index (κ3) is 4.10. The molecule has 0 fully saturated rings. The molecule has 0 spiro atoms. The number of rotatable bonds is 6. The zero-order valence-corrected chi connectivity index (χ0v) is 11.2. The van der Waals surface area contributed by atoms with Crippen molar-refractivity contribution < 1.29 is 4.39 Å². The summed E-state index contributed by atoms with van der Waals surface area (Å²) in [7, 11) is 0. The first kappa shape index (κ1) is 13.6. The highest BCUT2D eigenvalue weighted by Crippen LogP contribution is 2.05. The molecule has 0 aliphatic carbocycles. The minimum absolute atomic E-state index is 0.237. The van der Waals surface area contributed by atoms with Gasteiger partial charge < -0.3 is 5.32 Å². The minimum atomic E-state index is -0.237. The van der Waals surface area contributed by atoms with E-state index >= 15 is 0 Å². The molecule has 102 valence electrons. The molecule has 1 aromatic heterocycles. The molecule has 1 aromatic carbocycles. The number of nitrogens with zero attached hydrogens (tertiary/aromatic N) is 4. The highest BCUT2D eigenvalue weighted by Gasteiger charge is 2.06. The van der Waals surface area contributed by atoms with Gasteiger partial charge in [-0.15, -0.1) is 5.10 Å². The number of aromatic nitrogens is 4. The Labute approximate surface area is 111 Å². The van der Waals surface area contributed by atoms with Crippen LogP contribution in [0.2, 0.25) is 0 Å². The van der Waals surface area contributed by atoms with Crippen molar-refractivity contribution in [1.29, 1.82) is 0 Å². The van der Waals surface area contributed by atoms with Gasteiger partial charge in [0.2, 0.25) is 0 Å². The maximum atomic E-state index is 12.8. The van der Waals surface area contributed by atoms with Gasteiger partial charge in [0.25, 0.3) is 0 Å². The van der Waals surface area contributed by atoms with E-state index in [0.717, 1.165) is 17.9 Å². The van der Waals surface area contributed by atoms with Crippen LogP contribution in [-0.2, 0) is 13.1 Å². The summed E-state index contributed by atoms with van der Waals surface area (Å²) < 4.78 is 14.6. The van der Waals surface area contributed by atoms with Gasteiger partial charge in [-0.3, -0.25) is 0 Å². The van der Waals surface area contributed by atoms with Gasteiger partial charge in [0.15, 0.2) is 5.82 Å². The Bertz CT molecular complexity index is 506. The Hall–Kier alpha value is -1.82. The van der Waals surface area contributed by atoms with Crippen molar-refractivity contribution in [2.24, 2.45) is 5.92 Å². The second-order valence-electron chi connectivity index (χ2n) is 4.90. The number of nitrogens with one attached hydrogen (secondary N) is 1. The monoisotopic (exact) mass is 263 g/mol. The first-order valence-corrected chi connectivity index (χ1v) is 6.35. The first-order chi connectivity index (χ1) is 9.15. The largest absolute Gasteiger partial charge is 0.310 e. The molecule has 1 heterocycles. The van der Waals surface area contributed by atoms with Crippen molar-refractivity contribution in [1.82, 2.24) is 25.5 Å². The lowest BCUT2D eigenvalue weighted by Crippen LogP contribution is -2.22. The second kappa shape index (κ2) is 6.38. The van der Waals surface area contributed by atoms with Crippen molar-refractivity contribution in [3.8, 4) is 0 Å². The van der Waals surface area contributed by atoms with Crippen molar-refractivity contribution in [2.75, 3.05) is 6.54 Å². The van der Waals surface area contributed by atoms with Crippen LogP contribution in [0.4, 0.5) is 4.39 Å². The maximum Gasteiger partial charge on any atom is 0.165 e. The van der Waals surface area contributed by atoms with Gasteiger partial charge in [-0.05, 0) is 40.6 Å². The fourth-order valence-electron chi connectivity index (χ4n) is 1.71. The van der Waals surface area contributed by atoms with Crippen LogP contribution in [0.3, 0.4) is 0 Å². The Morgan fingerprint density at radius 1 is 1.26 bits per heavy atom. The lowest BCUT2D eigenvalue weighted by Gasteiger charge is -2.08. The highest BCUT2D eigenvalue weighted by atomic mass is 19.1. The predicted octanol–water partition coefficient (Wildman–Crippen LogP) is 1.61. The van der Waals surface area contributed by atoms with Crippen LogP contribution >= 0.6 is 0 Å². The van der Waals surface area contributed by atoms with E-state index in [1.807, 2.05) is 0 Å². The number of hydrogen-bond donors (Lipinski definition) is 1. The molecular weight excluding hydrogens is 245 g/mol. The summed E-state index contributed by atoms with van der Waals surface area (Å²) in [5, 5.41) is 14.9. The molecule has 2 aromatic rings. The zero-order valence-electron chi connectivity index (χ0n) is 11.2. The van der Waals surface area contributed by atoms with Crippen LogP contribution in [0.5, 0.6) is 0 Å². The SMILES string of the molecule is CC(C)CNCc1nnnn1Cc1ccc(F)cc1. The van der Waals surface area contributed by atoms with Crippen LogP contribution in [0, 0.1) is 11.7 Å². The molecule has 0 amide bonds. The molecule has 0 atom stereocenters. The summed E-state index contributed by atoms with van der Waals surface area (Å²) in [4.78, 5) is 0. The smallest absolute Gasteiger partial charge is 0.165 e. The predicted molar refractivity (Wildman–Crippen MR) is 69.9 cm³/mol. The Kier molecular flexibility index (Phi) is 4.57. The van der Waals surface area contributed by atoms with E-state index in [-0.39, 0.29) is 5.82 Å². The highest BCUT2D eigenvalue weighted by molar-refractivity contribution is 5.16. The van der Waals surface area contributed by atoms with Crippen LogP contribution in [0.25, 0.3) is 0 Å². The van der Waals surface area contributed by atoms with Crippen molar-refractivity contribution >= 4 is 0 Å².